The zero-order chi connectivity index (χ0) is 12.3. The molecule has 0 fully saturated rings. The standard InChI is InChI=1S/C13H9BrN2O/c1-9-2-4-11(14)6-12(9)17-13-5-3-10(7-15)8-16-13/h2-6,8H,1H3. The lowest BCUT2D eigenvalue weighted by Gasteiger charge is -2.07. The fraction of sp³-hybridized carbons (Fsp3) is 0.0769. The number of halogens is 1. The van der Waals surface area contributed by atoms with Crippen molar-refractivity contribution in [3.05, 3.63) is 52.1 Å². The first kappa shape index (κ1) is 11.6. The van der Waals surface area contributed by atoms with Crippen LogP contribution in [-0.2, 0) is 0 Å². The number of pyridine rings is 1. The van der Waals surface area contributed by atoms with Gasteiger partial charge in [0, 0.05) is 16.7 Å². The SMILES string of the molecule is Cc1ccc(Br)cc1Oc1ccc(C#N)cn1. The van der Waals surface area contributed by atoms with Gasteiger partial charge < -0.3 is 4.74 Å². The Morgan fingerprint density at radius 1 is 1.29 bits per heavy atom. The number of aryl methyl sites for hydroxylation is 1. The van der Waals surface area contributed by atoms with Crippen molar-refractivity contribution in [2.24, 2.45) is 0 Å². The van der Waals surface area contributed by atoms with Crippen LogP contribution in [0.1, 0.15) is 11.1 Å². The third kappa shape index (κ3) is 2.83. The minimum absolute atomic E-state index is 0.477. The second-order valence-electron chi connectivity index (χ2n) is 3.51. The predicted octanol–water partition coefficient (Wildman–Crippen LogP) is 3.82. The van der Waals surface area contributed by atoms with Crippen molar-refractivity contribution in [2.75, 3.05) is 0 Å². The molecule has 1 aromatic heterocycles. The molecule has 1 heterocycles. The van der Waals surface area contributed by atoms with Crippen LogP contribution in [0.25, 0.3) is 0 Å². The Morgan fingerprint density at radius 2 is 2.12 bits per heavy atom. The Bertz CT molecular complexity index is 573. The van der Waals surface area contributed by atoms with Gasteiger partial charge in [-0.1, -0.05) is 22.0 Å². The normalized spacial score (nSPS) is 9.71. The summed E-state index contributed by atoms with van der Waals surface area (Å²) in [7, 11) is 0. The van der Waals surface area contributed by atoms with Crippen LogP contribution in [0.15, 0.2) is 41.0 Å². The van der Waals surface area contributed by atoms with E-state index in [2.05, 4.69) is 20.9 Å². The maximum atomic E-state index is 8.66. The number of benzene rings is 1. The highest BCUT2D eigenvalue weighted by atomic mass is 79.9. The third-order valence-corrected chi connectivity index (χ3v) is 2.72. The van der Waals surface area contributed by atoms with Crippen molar-refractivity contribution in [3.63, 3.8) is 0 Å². The molecule has 0 aliphatic carbocycles. The molecule has 0 saturated heterocycles. The van der Waals surface area contributed by atoms with E-state index in [0.717, 1.165) is 15.8 Å². The van der Waals surface area contributed by atoms with Crippen molar-refractivity contribution in [2.45, 2.75) is 6.92 Å². The average Bonchev–Trinajstić information content (AvgIpc) is 2.35. The number of aromatic nitrogens is 1. The third-order valence-electron chi connectivity index (χ3n) is 2.23. The first-order valence-electron chi connectivity index (χ1n) is 4.99. The van der Waals surface area contributed by atoms with Gasteiger partial charge >= 0.3 is 0 Å². The number of hydrogen-bond acceptors (Lipinski definition) is 3. The van der Waals surface area contributed by atoms with Gasteiger partial charge in [-0.05, 0) is 30.7 Å². The second-order valence-corrected chi connectivity index (χ2v) is 4.42. The van der Waals surface area contributed by atoms with Gasteiger partial charge in [0.05, 0.1) is 5.56 Å². The first-order valence-corrected chi connectivity index (χ1v) is 5.78. The van der Waals surface area contributed by atoms with Crippen LogP contribution in [0.3, 0.4) is 0 Å². The molecular formula is C13H9BrN2O. The number of nitriles is 1. The predicted molar refractivity (Wildman–Crippen MR) is 67.9 cm³/mol. The van der Waals surface area contributed by atoms with Gasteiger partial charge in [0.15, 0.2) is 0 Å². The molecule has 0 spiro atoms. The Balaban J connectivity index is 2.25. The van der Waals surface area contributed by atoms with Crippen molar-refractivity contribution in [3.8, 4) is 17.7 Å². The Kier molecular flexibility index (Phi) is 3.40. The molecule has 0 atom stereocenters. The fourth-order valence-electron chi connectivity index (χ4n) is 1.30. The number of hydrogen-bond donors (Lipinski definition) is 0. The van der Waals surface area contributed by atoms with Crippen LogP contribution in [0.4, 0.5) is 0 Å². The molecule has 0 saturated carbocycles. The zero-order valence-electron chi connectivity index (χ0n) is 9.14. The smallest absolute Gasteiger partial charge is 0.219 e. The van der Waals surface area contributed by atoms with E-state index in [4.69, 9.17) is 10.00 Å². The van der Waals surface area contributed by atoms with E-state index in [-0.39, 0.29) is 0 Å². The lowest BCUT2D eigenvalue weighted by Crippen LogP contribution is -1.90. The van der Waals surface area contributed by atoms with Crippen molar-refractivity contribution < 1.29 is 4.74 Å². The molecule has 84 valence electrons. The van der Waals surface area contributed by atoms with Crippen molar-refractivity contribution >= 4 is 15.9 Å². The largest absolute Gasteiger partial charge is 0.439 e. The van der Waals surface area contributed by atoms with E-state index in [0.29, 0.717) is 11.4 Å². The summed E-state index contributed by atoms with van der Waals surface area (Å²) >= 11 is 3.39. The highest BCUT2D eigenvalue weighted by Crippen LogP contribution is 2.26. The van der Waals surface area contributed by atoms with Gasteiger partial charge in [0.25, 0.3) is 0 Å². The maximum absolute atomic E-state index is 8.66. The van der Waals surface area contributed by atoms with Crippen LogP contribution in [-0.4, -0.2) is 4.98 Å². The van der Waals surface area contributed by atoms with Crippen LogP contribution in [0, 0.1) is 18.3 Å². The summed E-state index contributed by atoms with van der Waals surface area (Å²) in [6.45, 7) is 1.96. The summed E-state index contributed by atoms with van der Waals surface area (Å²) in [5.74, 6) is 1.22. The molecular weight excluding hydrogens is 280 g/mol. The van der Waals surface area contributed by atoms with Gasteiger partial charge in [-0.2, -0.15) is 5.26 Å². The minimum Gasteiger partial charge on any atom is -0.439 e. The van der Waals surface area contributed by atoms with E-state index < -0.39 is 0 Å². The van der Waals surface area contributed by atoms with E-state index in [1.165, 1.54) is 6.20 Å². The lowest BCUT2D eigenvalue weighted by molar-refractivity contribution is 0.459. The molecule has 3 nitrogen and oxygen atoms in total. The number of ether oxygens (including phenoxy) is 1. The van der Waals surface area contributed by atoms with Gasteiger partial charge in [0.2, 0.25) is 5.88 Å². The second kappa shape index (κ2) is 4.98. The molecule has 0 N–H and O–H groups in total. The van der Waals surface area contributed by atoms with Crippen LogP contribution >= 0.6 is 15.9 Å². The Hall–Kier alpha value is -1.86. The molecule has 17 heavy (non-hydrogen) atoms. The Morgan fingerprint density at radius 3 is 2.76 bits per heavy atom. The van der Waals surface area contributed by atoms with Crippen LogP contribution < -0.4 is 4.74 Å². The van der Waals surface area contributed by atoms with Crippen molar-refractivity contribution in [1.29, 1.82) is 5.26 Å². The molecule has 0 amide bonds. The molecule has 2 aromatic rings. The van der Waals surface area contributed by atoms with Gasteiger partial charge in [-0.25, -0.2) is 4.98 Å². The summed E-state index contributed by atoms with van der Waals surface area (Å²) in [6.07, 6.45) is 1.49. The number of nitrogens with zero attached hydrogens (tertiary/aromatic N) is 2. The molecule has 0 aliphatic rings. The maximum Gasteiger partial charge on any atom is 0.219 e. The van der Waals surface area contributed by atoms with E-state index in [1.54, 1.807) is 12.1 Å². The highest BCUT2D eigenvalue weighted by Gasteiger charge is 2.03. The highest BCUT2D eigenvalue weighted by molar-refractivity contribution is 9.10. The average molecular weight is 289 g/mol. The fourth-order valence-corrected chi connectivity index (χ4v) is 1.64. The molecule has 4 heteroatoms. The van der Waals surface area contributed by atoms with E-state index in [1.807, 2.05) is 31.2 Å². The molecule has 0 aliphatic heterocycles. The summed E-state index contributed by atoms with van der Waals surface area (Å²) < 4.78 is 6.59. The van der Waals surface area contributed by atoms with Gasteiger partial charge in [-0.15, -0.1) is 0 Å². The lowest BCUT2D eigenvalue weighted by atomic mass is 10.2. The monoisotopic (exact) mass is 288 g/mol. The summed E-state index contributed by atoms with van der Waals surface area (Å²) in [5, 5.41) is 8.66. The molecule has 2 rings (SSSR count). The van der Waals surface area contributed by atoms with Crippen LogP contribution in [0.2, 0.25) is 0 Å². The summed E-state index contributed by atoms with van der Waals surface area (Å²) in [6, 6.07) is 11.2. The van der Waals surface area contributed by atoms with Crippen molar-refractivity contribution in [1.82, 2.24) is 4.98 Å². The van der Waals surface area contributed by atoms with Crippen LogP contribution in [0.5, 0.6) is 11.6 Å². The van der Waals surface area contributed by atoms with Gasteiger partial charge in [0.1, 0.15) is 11.8 Å². The molecule has 0 unspecified atom stereocenters. The molecule has 0 bridgehead atoms. The topological polar surface area (TPSA) is 45.9 Å². The van der Waals surface area contributed by atoms with E-state index >= 15 is 0 Å². The summed E-state index contributed by atoms with van der Waals surface area (Å²) in [5.41, 5.74) is 1.54. The van der Waals surface area contributed by atoms with E-state index in [9.17, 15) is 0 Å². The first-order chi connectivity index (χ1) is 8.19. The Labute approximate surface area is 108 Å². The zero-order valence-corrected chi connectivity index (χ0v) is 10.7. The minimum atomic E-state index is 0.477. The summed E-state index contributed by atoms with van der Waals surface area (Å²) in [4.78, 5) is 4.06. The number of rotatable bonds is 2. The molecule has 1 aromatic carbocycles. The van der Waals surface area contributed by atoms with Gasteiger partial charge in [-0.3, -0.25) is 0 Å². The quantitative estimate of drug-likeness (QED) is 0.844. The molecule has 0 radical (unpaired) electrons.